The van der Waals surface area contributed by atoms with Crippen LogP contribution in [-0.4, -0.2) is 22.3 Å². The van der Waals surface area contributed by atoms with Crippen molar-refractivity contribution in [2.45, 2.75) is 13.8 Å². The summed E-state index contributed by atoms with van der Waals surface area (Å²) in [6, 6.07) is 5.90. The maximum atomic E-state index is 11.2. The van der Waals surface area contributed by atoms with Gasteiger partial charge in [-0.2, -0.15) is 0 Å². The molecule has 0 heterocycles. The molecule has 0 saturated carbocycles. The largest absolute Gasteiger partial charge is 0.339 e. The minimum atomic E-state index is -0.868. The zero-order valence-corrected chi connectivity index (χ0v) is 10.9. The highest BCUT2D eigenvalue weighted by atomic mass is 35.5. The van der Waals surface area contributed by atoms with Crippen molar-refractivity contribution in [1.29, 1.82) is 0 Å². The fraction of sp³-hybridized carbons (Fsp3) is 0.182. The molecule has 1 aromatic carbocycles. The number of anilines is 1. The van der Waals surface area contributed by atoms with Gasteiger partial charge in [-0.15, -0.1) is 0 Å². The normalized spacial score (nSPS) is 9.63. The Morgan fingerprint density at radius 3 is 2.21 bits per heavy atom. The van der Waals surface area contributed by atoms with Gasteiger partial charge in [-0.3, -0.25) is 9.59 Å². The van der Waals surface area contributed by atoms with Gasteiger partial charge in [-0.25, -0.2) is 0 Å². The molecule has 100 valence electrons. The zero-order valence-electron chi connectivity index (χ0n) is 10.2. The molecule has 0 aliphatic rings. The molecule has 0 atom stereocenters. The summed E-state index contributed by atoms with van der Waals surface area (Å²) in [7, 11) is 0. The number of benzene rings is 1. The molecule has 1 aromatic rings. The number of carbonyl (C=O) groups excluding carboxylic acids is 2. The molecule has 19 heavy (non-hydrogen) atoms. The molecular weight excluding hydrogens is 274 g/mol. The smallest absolute Gasteiger partial charge is 0.286 e. The number of nitro groups is 1. The Balaban J connectivity index is 3.34. The van der Waals surface area contributed by atoms with Gasteiger partial charge >= 0.3 is 0 Å². The van der Waals surface area contributed by atoms with Gasteiger partial charge in [0.15, 0.2) is 5.69 Å². The third-order valence-corrected chi connectivity index (χ3v) is 2.40. The molecule has 0 aliphatic heterocycles. The maximum Gasteiger partial charge on any atom is 0.286 e. The van der Waals surface area contributed by atoms with Crippen LogP contribution in [0.4, 0.5) is 5.69 Å². The van der Waals surface area contributed by atoms with Crippen LogP contribution >= 0.6 is 11.6 Å². The molecule has 7 nitrogen and oxygen atoms in total. The van der Waals surface area contributed by atoms with Crippen molar-refractivity contribution >= 4 is 34.6 Å². The van der Waals surface area contributed by atoms with Crippen molar-refractivity contribution in [2.24, 2.45) is 5.10 Å². The maximum absolute atomic E-state index is 11.2. The summed E-state index contributed by atoms with van der Waals surface area (Å²) in [5.74, 6) is -1.32. The summed E-state index contributed by atoms with van der Waals surface area (Å²) >= 11 is 5.82. The molecule has 0 amide bonds. The standard InChI is InChI=1S/C11H10ClN3O4/c1-7(16)11(8(2)17)13-14(15(18)19)10-6-4-3-5-9(10)12/h3-6H,1-2H3. The summed E-state index contributed by atoms with van der Waals surface area (Å²) in [6.45, 7) is 2.20. The van der Waals surface area contributed by atoms with Gasteiger partial charge in [-0.05, 0) is 12.1 Å². The molecule has 1 rings (SSSR count). The molecule has 0 fully saturated rings. The minimum Gasteiger partial charge on any atom is -0.339 e. The van der Waals surface area contributed by atoms with Crippen LogP contribution in [0.15, 0.2) is 29.4 Å². The molecule has 0 spiro atoms. The summed E-state index contributed by atoms with van der Waals surface area (Å²) in [6.07, 6.45) is 0. The monoisotopic (exact) mass is 283 g/mol. The third-order valence-electron chi connectivity index (χ3n) is 2.08. The van der Waals surface area contributed by atoms with Crippen LogP contribution in [-0.2, 0) is 9.59 Å². The third kappa shape index (κ3) is 3.59. The molecule has 0 aliphatic carbocycles. The van der Waals surface area contributed by atoms with Crippen LogP contribution in [0.2, 0.25) is 5.02 Å². The highest BCUT2D eigenvalue weighted by molar-refractivity contribution is 6.65. The molecule has 0 aromatic heterocycles. The van der Waals surface area contributed by atoms with Crippen LogP contribution in [0.3, 0.4) is 0 Å². The zero-order chi connectivity index (χ0) is 14.6. The van der Waals surface area contributed by atoms with Gasteiger partial charge in [-0.1, -0.05) is 23.7 Å². The quantitative estimate of drug-likeness (QED) is 0.356. The number of hydrazone groups is 1. The second kappa shape index (κ2) is 6.05. The number of carbonyl (C=O) groups is 2. The van der Waals surface area contributed by atoms with Crippen LogP contribution in [0.25, 0.3) is 0 Å². The van der Waals surface area contributed by atoms with Crippen molar-refractivity contribution < 1.29 is 14.6 Å². The second-order valence-corrected chi connectivity index (χ2v) is 3.95. The average molecular weight is 284 g/mol. The number of Topliss-reactive ketones (excluding diaryl/α,β-unsaturated/α-hetero) is 2. The molecule has 0 N–H and O–H groups in total. The van der Waals surface area contributed by atoms with Crippen LogP contribution < -0.4 is 5.12 Å². The Labute approximate surface area is 113 Å². The fourth-order valence-corrected chi connectivity index (χ4v) is 1.49. The van der Waals surface area contributed by atoms with Crippen molar-refractivity contribution in [3.63, 3.8) is 0 Å². The first kappa shape index (κ1) is 14.8. The van der Waals surface area contributed by atoms with Gasteiger partial charge in [0.1, 0.15) is 0 Å². The van der Waals surface area contributed by atoms with E-state index in [0.29, 0.717) is 5.12 Å². The summed E-state index contributed by atoms with van der Waals surface area (Å²) in [5, 5.41) is 14.0. The molecule has 0 saturated heterocycles. The number of nitrogens with zero attached hydrogens (tertiary/aromatic N) is 3. The number of hydrogen-bond acceptors (Lipinski definition) is 5. The number of ketones is 2. The first-order chi connectivity index (χ1) is 8.84. The topological polar surface area (TPSA) is 92.9 Å². The Kier molecular flexibility index (Phi) is 4.71. The fourth-order valence-electron chi connectivity index (χ4n) is 1.28. The number of rotatable bonds is 5. The predicted molar refractivity (Wildman–Crippen MR) is 69.7 cm³/mol. The van der Waals surface area contributed by atoms with E-state index in [1.54, 1.807) is 6.07 Å². The van der Waals surface area contributed by atoms with Crippen molar-refractivity contribution in [2.75, 3.05) is 5.12 Å². The van der Waals surface area contributed by atoms with E-state index in [1.807, 2.05) is 0 Å². The van der Waals surface area contributed by atoms with Gasteiger partial charge in [0.25, 0.3) is 5.71 Å². The van der Waals surface area contributed by atoms with Gasteiger partial charge in [0, 0.05) is 19.0 Å². The molecule has 0 radical (unpaired) electrons. The minimum absolute atomic E-state index is 0.0332. The van der Waals surface area contributed by atoms with E-state index in [4.69, 9.17) is 11.6 Å². The summed E-state index contributed by atoms with van der Waals surface area (Å²) in [4.78, 5) is 33.4. The SMILES string of the molecule is CC(=O)C(=NN(c1ccccc1Cl)[N+](=O)[O-])C(C)=O. The van der Waals surface area contributed by atoms with Crippen LogP contribution in [0.5, 0.6) is 0 Å². The Morgan fingerprint density at radius 1 is 1.26 bits per heavy atom. The van der Waals surface area contributed by atoms with E-state index in [1.165, 1.54) is 18.2 Å². The van der Waals surface area contributed by atoms with E-state index in [9.17, 15) is 19.7 Å². The molecule has 0 bridgehead atoms. The highest BCUT2D eigenvalue weighted by Crippen LogP contribution is 2.25. The van der Waals surface area contributed by atoms with Gasteiger partial charge < -0.3 is 10.1 Å². The molecule has 8 heteroatoms. The average Bonchev–Trinajstić information content (AvgIpc) is 2.30. The Morgan fingerprint density at radius 2 is 1.79 bits per heavy atom. The van der Waals surface area contributed by atoms with E-state index >= 15 is 0 Å². The van der Waals surface area contributed by atoms with Gasteiger partial charge in [0.2, 0.25) is 11.6 Å². The number of hydrazine groups is 1. The van der Waals surface area contributed by atoms with Crippen LogP contribution in [0.1, 0.15) is 13.8 Å². The van der Waals surface area contributed by atoms with E-state index in [0.717, 1.165) is 13.8 Å². The van der Waals surface area contributed by atoms with E-state index < -0.39 is 22.3 Å². The lowest BCUT2D eigenvalue weighted by atomic mass is 10.2. The first-order valence-corrected chi connectivity index (χ1v) is 5.51. The van der Waals surface area contributed by atoms with Crippen molar-refractivity contribution in [3.05, 3.63) is 39.4 Å². The molecule has 0 unspecified atom stereocenters. The number of hydrogen-bond donors (Lipinski definition) is 0. The highest BCUT2D eigenvalue weighted by Gasteiger charge is 2.26. The Hall–Kier alpha value is -2.28. The van der Waals surface area contributed by atoms with Crippen LogP contribution in [0, 0.1) is 10.1 Å². The lowest BCUT2D eigenvalue weighted by Crippen LogP contribution is -2.30. The van der Waals surface area contributed by atoms with E-state index in [-0.39, 0.29) is 10.7 Å². The summed E-state index contributed by atoms with van der Waals surface area (Å²) in [5.41, 5.74) is -0.550. The number of halogens is 1. The lowest BCUT2D eigenvalue weighted by Gasteiger charge is -2.10. The second-order valence-electron chi connectivity index (χ2n) is 3.54. The van der Waals surface area contributed by atoms with Crippen molar-refractivity contribution in [3.8, 4) is 0 Å². The van der Waals surface area contributed by atoms with E-state index in [2.05, 4.69) is 5.10 Å². The lowest BCUT2D eigenvalue weighted by molar-refractivity contribution is -0.495. The number of para-hydroxylation sites is 1. The predicted octanol–water partition coefficient (Wildman–Crippen LogP) is 1.87. The summed E-state index contributed by atoms with van der Waals surface area (Å²) < 4.78 is 0. The molecular formula is C11H10ClN3O4. The Bertz CT molecular complexity index is 555. The van der Waals surface area contributed by atoms with Gasteiger partial charge in [0.05, 0.1) is 15.2 Å². The first-order valence-electron chi connectivity index (χ1n) is 5.14. The van der Waals surface area contributed by atoms with Crippen molar-refractivity contribution in [1.82, 2.24) is 0 Å².